The Balaban J connectivity index is 1.26. The molecular formula is C44H36N2. The first-order chi connectivity index (χ1) is 22.4. The monoisotopic (exact) mass is 592 g/mol. The molecule has 222 valence electrons. The molecule has 2 nitrogen and oxygen atoms in total. The van der Waals surface area contributed by atoms with Crippen LogP contribution in [0.1, 0.15) is 44.7 Å². The van der Waals surface area contributed by atoms with Crippen molar-refractivity contribution in [2.24, 2.45) is 5.92 Å². The largest absolute Gasteiger partial charge is 0.310 e. The second kappa shape index (κ2) is 9.89. The van der Waals surface area contributed by atoms with Crippen LogP contribution in [-0.4, -0.2) is 9.55 Å². The van der Waals surface area contributed by atoms with Crippen LogP contribution >= 0.6 is 0 Å². The summed E-state index contributed by atoms with van der Waals surface area (Å²) < 4.78 is 2.44. The van der Waals surface area contributed by atoms with Gasteiger partial charge in [-0.25, -0.2) is 0 Å². The maximum absolute atomic E-state index is 4.53. The zero-order chi connectivity index (χ0) is 31.2. The summed E-state index contributed by atoms with van der Waals surface area (Å²) in [5.74, 6) is 0.537. The van der Waals surface area contributed by atoms with E-state index in [1.54, 1.807) is 0 Å². The molecule has 0 aliphatic heterocycles. The molecule has 0 saturated heterocycles. The summed E-state index contributed by atoms with van der Waals surface area (Å²) in [6.45, 7) is 9.28. The fraction of sp³-hybridized carbons (Fsp3) is 0.159. The first-order valence-electron chi connectivity index (χ1n) is 16.4. The highest BCUT2D eigenvalue weighted by molar-refractivity contribution is 6.26. The number of fused-ring (bicyclic) bond motifs is 3. The van der Waals surface area contributed by atoms with Crippen LogP contribution in [0.2, 0.25) is 0 Å². The lowest BCUT2D eigenvalue weighted by atomic mass is 9.77. The van der Waals surface area contributed by atoms with Crippen molar-refractivity contribution >= 4 is 59.8 Å². The van der Waals surface area contributed by atoms with E-state index in [1.807, 2.05) is 18.5 Å². The molecule has 1 aliphatic rings. The van der Waals surface area contributed by atoms with Gasteiger partial charge in [-0.05, 0) is 90.7 Å². The maximum Gasteiger partial charge on any atom is 0.0540 e. The van der Waals surface area contributed by atoms with Gasteiger partial charge in [0.2, 0.25) is 0 Å². The zero-order valence-corrected chi connectivity index (χ0v) is 26.8. The Morgan fingerprint density at radius 2 is 1.35 bits per heavy atom. The van der Waals surface area contributed by atoms with E-state index < -0.39 is 0 Å². The molecule has 0 fully saturated rings. The van der Waals surface area contributed by atoms with Crippen LogP contribution in [0.15, 0.2) is 134 Å². The van der Waals surface area contributed by atoms with E-state index in [-0.39, 0.29) is 11.3 Å². The minimum absolute atomic E-state index is 0.0826. The number of nitrogens with zero attached hydrogens (tertiary/aromatic N) is 2. The van der Waals surface area contributed by atoms with Crippen molar-refractivity contribution in [3.63, 3.8) is 0 Å². The van der Waals surface area contributed by atoms with Crippen molar-refractivity contribution in [2.45, 2.75) is 39.0 Å². The first kappa shape index (κ1) is 27.1. The van der Waals surface area contributed by atoms with Crippen molar-refractivity contribution in [1.82, 2.24) is 9.55 Å². The number of allylic oxidation sites excluding steroid dienone is 4. The van der Waals surface area contributed by atoms with Gasteiger partial charge in [-0.2, -0.15) is 0 Å². The second-order valence-corrected chi connectivity index (χ2v) is 14.1. The van der Waals surface area contributed by atoms with Gasteiger partial charge in [0.15, 0.2) is 0 Å². The molecule has 46 heavy (non-hydrogen) atoms. The molecule has 9 rings (SSSR count). The molecule has 2 heterocycles. The minimum atomic E-state index is 0.0826. The van der Waals surface area contributed by atoms with E-state index in [0.717, 1.165) is 5.56 Å². The molecule has 0 saturated carbocycles. The topological polar surface area (TPSA) is 17.8 Å². The Hall–Kier alpha value is -5.21. The molecular weight excluding hydrogens is 556 g/mol. The number of para-hydroxylation sites is 2. The van der Waals surface area contributed by atoms with E-state index >= 15 is 0 Å². The normalized spacial score (nSPS) is 17.2. The van der Waals surface area contributed by atoms with E-state index in [2.05, 4.69) is 153 Å². The van der Waals surface area contributed by atoms with Gasteiger partial charge in [0, 0.05) is 40.3 Å². The van der Waals surface area contributed by atoms with Gasteiger partial charge in [-0.1, -0.05) is 119 Å². The predicted molar refractivity (Wildman–Crippen MR) is 197 cm³/mol. The van der Waals surface area contributed by atoms with Crippen LogP contribution in [0.3, 0.4) is 0 Å². The molecule has 0 radical (unpaired) electrons. The molecule has 2 unspecified atom stereocenters. The third-order valence-corrected chi connectivity index (χ3v) is 10.3. The Morgan fingerprint density at radius 1 is 0.674 bits per heavy atom. The van der Waals surface area contributed by atoms with Gasteiger partial charge in [0.25, 0.3) is 0 Å². The molecule has 2 aromatic heterocycles. The van der Waals surface area contributed by atoms with Gasteiger partial charge in [-0.15, -0.1) is 0 Å². The Kier molecular flexibility index (Phi) is 5.84. The number of pyridine rings is 1. The van der Waals surface area contributed by atoms with Crippen LogP contribution in [-0.2, 0) is 5.41 Å². The van der Waals surface area contributed by atoms with Crippen molar-refractivity contribution in [3.05, 3.63) is 145 Å². The molecule has 1 aliphatic carbocycles. The van der Waals surface area contributed by atoms with Crippen LogP contribution < -0.4 is 0 Å². The fourth-order valence-electron chi connectivity index (χ4n) is 7.96. The number of rotatable bonds is 3. The number of benzene rings is 6. The van der Waals surface area contributed by atoms with Crippen LogP contribution in [0.4, 0.5) is 0 Å². The van der Waals surface area contributed by atoms with Gasteiger partial charge < -0.3 is 4.57 Å². The predicted octanol–water partition coefficient (Wildman–Crippen LogP) is 11.9. The highest BCUT2D eigenvalue weighted by Gasteiger charge is 2.26. The van der Waals surface area contributed by atoms with Crippen molar-refractivity contribution < 1.29 is 0 Å². The molecule has 6 aromatic carbocycles. The number of aromatic nitrogens is 2. The molecule has 0 spiro atoms. The van der Waals surface area contributed by atoms with Crippen molar-refractivity contribution in [3.8, 4) is 11.1 Å². The maximum atomic E-state index is 4.53. The third-order valence-electron chi connectivity index (χ3n) is 10.3. The second-order valence-electron chi connectivity index (χ2n) is 14.1. The highest BCUT2D eigenvalue weighted by atomic mass is 15.0. The quantitative estimate of drug-likeness (QED) is 0.187. The molecule has 8 aromatic rings. The zero-order valence-electron chi connectivity index (χ0n) is 26.8. The number of hydrogen-bond acceptors (Lipinski definition) is 1. The van der Waals surface area contributed by atoms with Crippen LogP contribution in [0.25, 0.3) is 70.9 Å². The van der Waals surface area contributed by atoms with Crippen LogP contribution in [0.5, 0.6) is 0 Å². The van der Waals surface area contributed by atoms with E-state index in [9.17, 15) is 0 Å². The lowest BCUT2D eigenvalue weighted by Crippen LogP contribution is -2.12. The van der Waals surface area contributed by atoms with Crippen molar-refractivity contribution in [2.75, 3.05) is 0 Å². The van der Waals surface area contributed by atoms with E-state index in [0.29, 0.717) is 5.92 Å². The van der Waals surface area contributed by atoms with Gasteiger partial charge in [0.05, 0.1) is 11.0 Å². The van der Waals surface area contributed by atoms with E-state index in [1.165, 1.54) is 76.5 Å². The SMILES string of the molecule is CC1C=C(n2c3ccccc3c3ccccc32)C=CC1c1cc(-c2cccnc2)c2ccc3cc(C(C)(C)C)cc4ccc1c2c34. The first-order valence-corrected chi connectivity index (χ1v) is 16.4. The summed E-state index contributed by atoms with van der Waals surface area (Å²) >= 11 is 0. The highest BCUT2D eigenvalue weighted by Crippen LogP contribution is 2.46. The summed E-state index contributed by atoms with van der Waals surface area (Å²) in [5, 5.41) is 10.6. The Morgan fingerprint density at radius 3 is 1.98 bits per heavy atom. The Bertz CT molecular complexity index is 2450. The molecule has 0 amide bonds. The average molecular weight is 593 g/mol. The summed E-state index contributed by atoms with van der Waals surface area (Å²) in [5.41, 5.74) is 8.98. The van der Waals surface area contributed by atoms with Crippen LogP contribution in [0, 0.1) is 5.92 Å². The van der Waals surface area contributed by atoms with Gasteiger partial charge >= 0.3 is 0 Å². The summed E-state index contributed by atoms with van der Waals surface area (Å²) in [6, 6.07) is 38.4. The summed E-state index contributed by atoms with van der Waals surface area (Å²) in [6.07, 6.45) is 11.1. The average Bonchev–Trinajstić information content (AvgIpc) is 3.41. The Labute approximate surface area is 269 Å². The summed E-state index contributed by atoms with van der Waals surface area (Å²) in [7, 11) is 0. The molecule has 2 atom stereocenters. The smallest absolute Gasteiger partial charge is 0.0540 e. The molecule has 2 heteroatoms. The summed E-state index contributed by atoms with van der Waals surface area (Å²) in [4.78, 5) is 4.53. The third kappa shape index (κ3) is 3.99. The fourth-order valence-corrected chi connectivity index (χ4v) is 7.96. The molecule has 0 N–H and O–H groups in total. The molecule has 0 bridgehead atoms. The van der Waals surface area contributed by atoms with Crippen molar-refractivity contribution in [1.29, 1.82) is 0 Å². The standard InChI is InChI=1S/C44H36N2/c1-27-22-32(46-40-13-7-5-11-34(40)35-12-6-8-14-41(35)46)17-20-33(27)39-25-38(30-10-9-21-45-26-30)36-18-15-28-23-31(44(2,3)4)24-29-16-19-37(39)43(36)42(28)29/h5-27,33H,1-4H3. The minimum Gasteiger partial charge on any atom is -0.310 e. The van der Waals surface area contributed by atoms with Gasteiger partial charge in [-0.3, -0.25) is 4.98 Å². The lowest BCUT2D eigenvalue weighted by Gasteiger charge is -2.28. The van der Waals surface area contributed by atoms with E-state index in [4.69, 9.17) is 0 Å². The number of hydrogen-bond donors (Lipinski definition) is 0. The van der Waals surface area contributed by atoms with Gasteiger partial charge in [0.1, 0.15) is 0 Å². The lowest BCUT2D eigenvalue weighted by molar-refractivity contribution is 0.591.